The van der Waals surface area contributed by atoms with Crippen molar-refractivity contribution in [2.45, 2.75) is 38.8 Å². The molecule has 0 aromatic heterocycles. The third-order valence-electron chi connectivity index (χ3n) is 3.35. The van der Waals surface area contributed by atoms with E-state index in [1.54, 1.807) is 0 Å². The lowest BCUT2D eigenvalue weighted by Gasteiger charge is -2.24. The molecule has 2 atom stereocenters. The molecule has 0 bridgehead atoms. The number of aliphatic hydroxyl groups is 1. The lowest BCUT2D eigenvalue weighted by atomic mass is 10.1. The molecule has 0 fully saturated rings. The molecule has 0 aliphatic rings. The van der Waals surface area contributed by atoms with E-state index in [-0.39, 0.29) is 0 Å². The van der Waals surface area contributed by atoms with Crippen molar-refractivity contribution in [1.82, 2.24) is 4.90 Å². The van der Waals surface area contributed by atoms with Gasteiger partial charge in [0.15, 0.2) is 0 Å². The molecule has 0 saturated heterocycles. The summed E-state index contributed by atoms with van der Waals surface area (Å²) in [6, 6.07) is 7.97. The molecule has 2 nitrogen and oxygen atoms in total. The van der Waals surface area contributed by atoms with Crippen molar-refractivity contribution in [3.05, 3.63) is 34.9 Å². The maximum Gasteiger partial charge on any atom is 0.0802 e. The number of rotatable bonds is 6. The van der Waals surface area contributed by atoms with Crippen LogP contribution in [0.4, 0.5) is 0 Å². The largest absolute Gasteiger partial charge is 0.388 e. The van der Waals surface area contributed by atoms with Gasteiger partial charge in [-0.15, -0.1) is 0 Å². The summed E-state index contributed by atoms with van der Waals surface area (Å²) in [5, 5.41) is 10.8. The van der Waals surface area contributed by atoms with E-state index in [9.17, 15) is 5.11 Å². The Labute approximate surface area is 109 Å². The average Bonchev–Trinajstić information content (AvgIpc) is 2.35. The zero-order valence-electron chi connectivity index (χ0n) is 10.9. The SMILES string of the molecule is CCC(C)N(C)CCC(O)c1ccc(Cl)cc1. The van der Waals surface area contributed by atoms with Gasteiger partial charge in [-0.05, 0) is 44.5 Å². The molecule has 0 heterocycles. The first-order valence-corrected chi connectivity index (χ1v) is 6.56. The predicted molar refractivity (Wildman–Crippen MR) is 73.4 cm³/mol. The fraction of sp³-hybridized carbons (Fsp3) is 0.571. The maximum absolute atomic E-state index is 10.0. The molecule has 0 radical (unpaired) electrons. The molecule has 3 heteroatoms. The van der Waals surface area contributed by atoms with Crippen LogP contribution in [0.15, 0.2) is 24.3 Å². The lowest BCUT2D eigenvalue weighted by molar-refractivity contribution is 0.138. The molecule has 1 N–H and O–H groups in total. The molecule has 96 valence electrons. The van der Waals surface area contributed by atoms with Gasteiger partial charge in [0.1, 0.15) is 0 Å². The fourth-order valence-electron chi connectivity index (χ4n) is 1.71. The summed E-state index contributed by atoms with van der Waals surface area (Å²) < 4.78 is 0. The highest BCUT2D eigenvalue weighted by molar-refractivity contribution is 6.30. The van der Waals surface area contributed by atoms with Gasteiger partial charge in [-0.1, -0.05) is 30.7 Å². The minimum atomic E-state index is -0.404. The second-order valence-corrected chi connectivity index (χ2v) is 5.03. The minimum Gasteiger partial charge on any atom is -0.388 e. The zero-order chi connectivity index (χ0) is 12.8. The number of aliphatic hydroxyl groups excluding tert-OH is 1. The first-order valence-electron chi connectivity index (χ1n) is 6.18. The predicted octanol–water partition coefficient (Wildman–Crippen LogP) is 3.49. The van der Waals surface area contributed by atoms with Crippen molar-refractivity contribution in [1.29, 1.82) is 0 Å². The smallest absolute Gasteiger partial charge is 0.0802 e. The Bertz CT molecular complexity index is 325. The molecular weight excluding hydrogens is 234 g/mol. The summed E-state index contributed by atoms with van der Waals surface area (Å²) in [4.78, 5) is 2.28. The van der Waals surface area contributed by atoms with Gasteiger partial charge in [-0.25, -0.2) is 0 Å². The summed E-state index contributed by atoms with van der Waals surface area (Å²) >= 11 is 5.81. The Kier molecular flexibility index (Phi) is 5.96. The molecule has 17 heavy (non-hydrogen) atoms. The number of nitrogens with zero attached hydrogens (tertiary/aromatic N) is 1. The second kappa shape index (κ2) is 7.00. The van der Waals surface area contributed by atoms with Gasteiger partial charge in [-0.3, -0.25) is 0 Å². The lowest BCUT2D eigenvalue weighted by Crippen LogP contribution is -2.30. The van der Waals surface area contributed by atoms with Gasteiger partial charge < -0.3 is 10.0 Å². The molecule has 0 aliphatic carbocycles. The molecule has 1 rings (SSSR count). The van der Waals surface area contributed by atoms with E-state index in [0.29, 0.717) is 11.1 Å². The first-order chi connectivity index (χ1) is 8.04. The van der Waals surface area contributed by atoms with Crippen molar-refractivity contribution in [2.75, 3.05) is 13.6 Å². The van der Waals surface area contributed by atoms with E-state index in [1.165, 1.54) is 0 Å². The van der Waals surface area contributed by atoms with Crippen molar-refractivity contribution in [2.24, 2.45) is 0 Å². The van der Waals surface area contributed by atoms with Crippen LogP contribution in [-0.4, -0.2) is 29.6 Å². The Morgan fingerprint density at radius 2 is 1.88 bits per heavy atom. The standard InChI is InChI=1S/C14H22ClNO/c1-4-11(2)16(3)10-9-14(17)12-5-7-13(15)8-6-12/h5-8,11,14,17H,4,9-10H2,1-3H3. The first kappa shape index (κ1) is 14.5. The summed E-state index contributed by atoms with van der Waals surface area (Å²) in [6.07, 6.45) is 1.48. The van der Waals surface area contributed by atoms with E-state index in [1.807, 2.05) is 24.3 Å². The minimum absolute atomic E-state index is 0.404. The van der Waals surface area contributed by atoms with Gasteiger partial charge in [-0.2, -0.15) is 0 Å². The molecular formula is C14H22ClNO. The van der Waals surface area contributed by atoms with Crippen LogP contribution in [0.2, 0.25) is 5.02 Å². The van der Waals surface area contributed by atoms with Crippen LogP contribution in [0.3, 0.4) is 0 Å². The quantitative estimate of drug-likeness (QED) is 0.841. The van der Waals surface area contributed by atoms with Gasteiger partial charge in [0, 0.05) is 17.6 Å². The van der Waals surface area contributed by atoms with E-state index < -0.39 is 6.10 Å². The summed E-state index contributed by atoms with van der Waals surface area (Å²) in [7, 11) is 2.10. The topological polar surface area (TPSA) is 23.5 Å². The molecule has 0 saturated carbocycles. The molecule has 2 unspecified atom stereocenters. The van der Waals surface area contributed by atoms with Crippen LogP contribution in [0.25, 0.3) is 0 Å². The van der Waals surface area contributed by atoms with Crippen LogP contribution in [0.1, 0.15) is 38.4 Å². The molecule has 0 spiro atoms. The summed E-state index contributed by atoms with van der Waals surface area (Å²) in [5.74, 6) is 0. The van der Waals surface area contributed by atoms with E-state index in [2.05, 4.69) is 25.8 Å². The van der Waals surface area contributed by atoms with E-state index in [0.717, 1.165) is 24.9 Å². The molecule has 0 aliphatic heterocycles. The highest BCUT2D eigenvalue weighted by Crippen LogP contribution is 2.19. The highest BCUT2D eigenvalue weighted by Gasteiger charge is 2.11. The van der Waals surface area contributed by atoms with E-state index >= 15 is 0 Å². The third kappa shape index (κ3) is 4.66. The normalized spacial score (nSPS) is 14.9. The average molecular weight is 256 g/mol. The number of hydrogen-bond donors (Lipinski definition) is 1. The van der Waals surface area contributed by atoms with Crippen LogP contribution >= 0.6 is 11.6 Å². The Hall–Kier alpha value is -0.570. The van der Waals surface area contributed by atoms with Gasteiger partial charge >= 0.3 is 0 Å². The Morgan fingerprint density at radius 3 is 2.41 bits per heavy atom. The van der Waals surface area contributed by atoms with Crippen LogP contribution < -0.4 is 0 Å². The number of benzene rings is 1. The maximum atomic E-state index is 10.0. The van der Waals surface area contributed by atoms with Crippen LogP contribution in [0.5, 0.6) is 0 Å². The number of halogens is 1. The van der Waals surface area contributed by atoms with E-state index in [4.69, 9.17) is 11.6 Å². The zero-order valence-corrected chi connectivity index (χ0v) is 11.6. The van der Waals surface area contributed by atoms with Crippen LogP contribution in [0, 0.1) is 0 Å². The van der Waals surface area contributed by atoms with Gasteiger partial charge in [0.25, 0.3) is 0 Å². The molecule has 0 amide bonds. The molecule has 1 aromatic carbocycles. The monoisotopic (exact) mass is 255 g/mol. The van der Waals surface area contributed by atoms with Crippen molar-refractivity contribution in [3.8, 4) is 0 Å². The van der Waals surface area contributed by atoms with Crippen LogP contribution in [-0.2, 0) is 0 Å². The Balaban J connectivity index is 2.44. The highest BCUT2D eigenvalue weighted by atomic mass is 35.5. The number of hydrogen-bond acceptors (Lipinski definition) is 2. The Morgan fingerprint density at radius 1 is 1.29 bits per heavy atom. The summed E-state index contributed by atoms with van der Waals surface area (Å²) in [5.41, 5.74) is 0.937. The van der Waals surface area contributed by atoms with Crippen molar-refractivity contribution < 1.29 is 5.11 Å². The van der Waals surface area contributed by atoms with Crippen molar-refractivity contribution >= 4 is 11.6 Å². The summed E-state index contributed by atoms with van der Waals surface area (Å²) in [6.45, 7) is 5.28. The van der Waals surface area contributed by atoms with Gasteiger partial charge in [0.05, 0.1) is 6.10 Å². The second-order valence-electron chi connectivity index (χ2n) is 4.59. The third-order valence-corrected chi connectivity index (χ3v) is 3.61. The molecule has 1 aromatic rings. The van der Waals surface area contributed by atoms with Gasteiger partial charge in [0.2, 0.25) is 0 Å². The fourth-order valence-corrected chi connectivity index (χ4v) is 1.84. The van der Waals surface area contributed by atoms with Crippen molar-refractivity contribution in [3.63, 3.8) is 0 Å².